The van der Waals surface area contributed by atoms with Crippen LogP contribution in [0.5, 0.6) is 0 Å². The van der Waals surface area contributed by atoms with E-state index in [1.165, 1.54) is 0 Å². The van der Waals surface area contributed by atoms with Gasteiger partial charge in [0, 0.05) is 39.6 Å². The zero-order valence-corrected chi connectivity index (χ0v) is 14.8. The summed E-state index contributed by atoms with van der Waals surface area (Å²) in [6, 6.07) is 3.75. The molecule has 0 bridgehead atoms. The summed E-state index contributed by atoms with van der Waals surface area (Å²) in [5.41, 5.74) is 1.40. The first-order valence-electron chi connectivity index (χ1n) is 7.74. The van der Waals surface area contributed by atoms with Gasteiger partial charge in [-0.25, -0.2) is 13.4 Å². The number of amidine groups is 1. The van der Waals surface area contributed by atoms with Gasteiger partial charge in [-0.15, -0.1) is 4.40 Å². The number of amides is 1. The monoisotopic (exact) mass is 361 g/mol. The molecule has 0 atom stereocenters. The molecule has 0 fully saturated rings. The Morgan fingerprint density at radius 1 is 1.36 bits per heavy atom. The molecule has 0 aliphatic carbocycles. The average molecular weight is 361 g/mol. The van der Waals surface area contributed by atoms with Crippen molar-refractivity contribution < 1.29 is 13.2 Å². The Morgan fingerprint density at radius 3 is 2.92 bits per heavy atom. The quantitative estimate of drug-likeness (QED) is 0.827. The number of hydrogen-bond donors (Lipinski definition) is 1. The summed E-state index contributed by atoms with van der Waals surface area (Å²) < 4.78 is 26.7. The molecule has 0 unspecified atom stereocenters. The van der Waals surface area contributed by atoms with E-state index >= 15 is 0 Å². The van der Waals surface area contributed by atoms with Gasteiger partial charge in [-0.2, -0.15) is 0 Å². The van der Waals surface area contributed by atoms with Crippen LogP contribution < -0.4 is 10.2 Å². The first kappa shape index (κ1) is 17.2. The van der Waals surface area contributed by atoms with Crippen LogP contribution in [0.4, 0.5) is 5.82 Å². The van der Waals surface area contributed by atoms with Crippen molar-refractivity contribution in [2.24, 2.45) is 4.40 Å². The molecule has 2 aliphatic heterocycles. The van der Waals surface area contributed by atoms with E-state index in [1.807, 2.05) is 31.1 Å². The van der Waals surface area contributed by atoms with Gasteiger partial charge < -0.3 is 15.1 Å². The number of sulfonamides is 1. The number of nitrogens with zero attached hydrogens (tertiary/aromatic N) is 4. The summed E-state index contributed by atoms with van der Waals surface area (Å²) in [7, 11) is 0.413. The highest BCUT2D eigenvalue weighted by Gasteiger charge is 2.24. The highest BCUT2D eigenvalue weighted by atomic mass is 32.2. The summed E-state index contributed by atoms with van der Waals surface area (Å²) in [4.78, 5) is 20.2. The Bertz CT molecular complexity index is 887. The fraction of sp³-hybridized carbons (Fsp3) is 0.312. The highest BCUT2D eigenvalue weighted by molar-refractivity contribution is 7.90. The molecule has 2 aliphatic rings. The smallest absolute Gasteiger partial charge is 0.256 e. The van der Waals surface area contributed by atoms with Gasteiger partial charge >= 0.3 is 0 Å². The molecular formula is C16H19N5O3S. The molecule has 8 nitrogen and oxygen atoms in total. The molecule has 1 aromatic heterocycles. The van der Waals surface area contributed by atoms with Crippen LogP contribution in [-0.4, -0.2) is 56.4 Å². The Labute approximate surface area is 146 Å². The van der Waals surface area contributed by atoms with Crippen LogP contribution in [0.25, 0.3) is 0 Å². The Morgan fingerprint density at radius 2 is 2.16 bits per heavy atom. The van der Waals surface area contributed by atoms with Crippen LogP contribution in [0, 0.1) is 0 Å². The van der Waals surface area contributed by atoms with Crippen molar-refractivity contribution >= 4 is 27.6 Å². The highest BCUT2D eigenvalue weighted by Crippen LogP contribution is 2.16. The second kappa shape index (κ2) is 6.67. The first-order chi connectivity index (χ1) is 11.8. The lowest BCUT2D eigenvalue weighted by Crippen LogP contribution is -2.38. The minimum absolute atomic E-state index is 0.0555. The summed E-state index contributed by atoms with van der Waals surface area (Å²) in [6.07, 6.45) is 6.44. The van der Waals surface area contributed by atoms with Crippen molar-refractivity contribution in [1.29, 1.82) is 0 Å². The SMILES string of the molecule is CN(C)c1cc(CNC(=O)C2=CN3CCS(=O)(=O)N=C3C=C2)ccn1. The van der Waals surface area contributed by atoms with Crippen LogP contribution in [0.3, 0.4) is 0 Å². The lowest BCUT2D eigenvalue weighted by Gasteiger charge is -2.26. The molecule has 1 N–H and O–H groups in total. The van der Waals surface area contributed by atoms with Crippen molar-refractivity contribution in [2.45, 2.75) is 6.54 Å². The third-order valence-electron chi connectivity index (χ3n) is 3.81. The molecule has 1 aromatic rings. The van der Waals surface area contributed by atoms with Crippen molar-refractivity contribution in [2.75, 3.05) is 31.3 Å². The van der Waals surface area contributed by atoms with E-state index in [1.54, 1.807) is 29.4 Å². The number of aromatic nitrogens is 1. The van der Waals surface area contributed by atoms with Crippen LogP contribution >= 0.6 is 0 Å². The molecule has 3 heterocycles. The lowest BCUT2D eigenvalue weighted by molar-refractivity contribution is -0.117. The number of anilines is 1. The Hall–Kier alpha value is -2.68. The second-order valence-electron chi connectivity index (χ2n) is 5.95. The second-order valence-corrected chi connectivity index (χ2v) is 7.70. The molecule has 3 rings (SSSR count). The van der Waals surface area contributed by atoms with Crippen LogP contribution in [0.15, 0.2) is 46.7 Å². The van der Waals surface area contributed by atoms with Crippen molar-refractivity contribution in [3.05, 3.63) is 47.8 Å². The number of fused-ring (bicyclic) bond motifs is 1. The van der Waals surface area contributed by atoms with E-state index < -0.39 is 10.0 Å². The maximum Gasteiger partial charge on any atom is 0.256 e. The van der Waals surface area contributed by atoms with Gasteiger partial charge in [0.1, 0.15) is 11.7 Å². The maximum absolute atomic E-state index is 12.4. The number of hydrogen-bond acceptors (Lipinski definition) is 6. The van der Waals surface area contributed by atoms with E-state index in [4.69, 9.17) is 0 Å². The number of pyridine rings is 1. The van der Waals surface area contributed by atoms with E-state index in [0.29, 0.717) is 24.5 Å². The van der Waals surface area contributed by atoms with Gasteiger partial charge in [-0.05, 0) is 29.8 Å². The fourth-order valence-electron chi connectivity index (χ4n) is 2.43. The molecule has 0 saturated heterocycles. The number of nitrogens with one attached hydrogen (secondary N) is 1. The topological polar surface area (TPSA) is 95.0 Å². The summed E-state index contributed by atoms with van der Waals surface area (Å²) in [5.74, 6) is 0.874. The minimum atomic E-state index is -3.39. The molecular weight excluding hydrogens is 342 g/mol. The van der Waals surface area contributed by atoms with E-state index in [0.717, 1.165) is 11.4 Å². The lowest BCUT2D eigenvalue weighted by atomic mass is 10.1. The minimum Gasteiger partial charge on any atom is -0.363 e. The van der Waals surface area contributed by atoms with Gasteiger partial charge in [0.2, 0.25) is 0 Å². The molecule has 25 heavy (non-hydrogen) atoms. The van der Waals surface area contributed by atoms with Gasteiger partial charge in [0.15, 0.2) is 0 Å². The molecule has 132 valence electrons. The number of carbonyl (C=O) groups is 1. The van der Waals surface area contributed by atoms with Crippen molar-refractivity contribution in [3.8, 4) is 0 Å². The molecule has 0 spiro atoms. The van der Waals surface area contributed by atoms with Gasteiger partial charge in [0.25, 0.3) is 15.9 Å². The summed E-state index contributed by atoms with van der Waals surface area (Å²) >= 11 is 0. The normalized spacial score (nSPS) is 18.1. The third-order valence-corrected chi connectivity index (χ3v) is 4.97. The zero-order valence-electron chi connectivity index (χ0n) is 14.0. The van der Waals surface area contributed by atoms with E-state index in [-0.39, 0.29) is 11.7 Å². The first-order valence-corrected chi connectivity index (χ1v) is 9.35. The molecule has 0 aromatic carbocycles. The Kier molecular flexibility index (Phi) is 4.58. The van der Waals surface area contributed by atoms with Gasteiger partial charge in [0.05, 0.1) is 11.3 Å². The fourth-order valence-corrected chi connectivity index (χ4v) is 3.40. The third kappa shape index (κ3) is 4.05. The van der Waals surface area contributed by atoms with Crippen molar-refractivity contribution in [3.63, 3.8) is 0 Å². The standard InChI is InChI=1S/C16H19N5O3S/c1-20(2)15-9-12(5-6-17-15)10-18-16(22)13-3-4-14-19-25(23,24)8-7-21(14)11-13/h3-6,9,11H,7-8,10H2,1-2H3,(H,18,22). The Balaban J connectivity index is 1.66. The predicted molar refractivity (Wildman–Crippen MR) is 95.6 cm³/mol. The predicted octanol–water partition coefficient (Wildman–Crippen LogP) is 0.261. The zero-order chi connectivity index (χ0) is 18.0. The summed E-state index contributed by atoms with van der Waals surface area (Å²) in [5, 5.41) is 2.86. The molecule has 0 radical (unpaired) electrons. The molecule has 0 saturated carbocycles. The average Bonchev–Trinajstić information content (AvgIpc) is 2.58. The summed E-state index contributed by atoms with van der Waals surface area (Å²) in [6.45, 7) is 0.668. The van der Waals surface area contributed by atoms with Crippen LogP contribution in [0.2, 0.25) is 0 Å². The molecule has 9 heteroatoms. The molecule has 1 amide bonds. The number of rotatable bonds is 4. The van der Waals surface area contributed by atoms with Gasteiger partial charge in [-0.3, -0.25) is 4.79 Å². The van der Waals surface area contributed by atoms with Crippen LogP contribution in [-0.2, 0) is 21.4 Å². The number of carbonyl (C=O) groups excluding carboxylic acids is 1. The van der Waals surface area contributed by atoms with Crippen molar-refractivity contribution in [1.82, 2.24) is 15.2 Å². The largest absolute Gasteiger partial charge is 0.363 e. The maximum atomic E-state index is 12.4. The van der Waals surface area contributed by atoms with E-state index in [9.17, 15) is 13.2 Å². The van der Waals surface area contributed by atoms with Gasteiger partial charge in [-0.1, -0.05) is 0 Å². The van der Waals surface area contributed by atoms with Crippen LogP contribution in [0.1, 0.15) is 5.56 Å². The van der Waals surface area contributed by atoms with E-state index in [2.05, 4.69) is 14.7 Å².